The van der Waals surface area contributed by atoms with Crippen LogP contribution in [0.1, 0.15) is 19.8 Å². The van der Waals surface area contributed by atoms with Crippen molar-refractivity contribution in [2.75, 3.05) is 23.6 Å². The summed E-state index contributed by atoms with van der Waals surface area (Å²) in [5.74, 6) is -7.32. The van der Waals surface area contributed by atoms with E-state index in [2.05, 4.69) is 5.32 Å². The molecule has 9 heteroatoms. The number of hydrogen-bond acceptors (Lipinski definition) is 3. The van der Waals surface area contributed by atoms with Crippen molar-refractivity contribution in [3.63, 3.8) is 0 Å². The maximum atomic E-state index is 13.3. The second-order valence-corrected chi connectivity index (χ2v) is 6.21. The lowest BCUT2D eigenvalue weighted by Gasteiger charge is -2.11. The first-order valence-corrected chi connectivity index (χ1v) is 7.98. The summed E-state index contributed by atoms with van der Waals surface area (Å²) in [5.41, 5.74) is -1.34. The summed E-state index contributed by atoms with van der Waals surface area (Å²) < 4.78 is 77.4. The van der Waals surface area contributed by atoms with Crippen molar-refractivity contribution in [2.45, 2.75) is 19.8 Å². The Morgan fingerprint density at radius 1 is 1.05 bits per heavy atom. The average molecular weight is 328 g/mol. The van der Waals surface area contributed by atoms with E-state index in [4.69, 9.17) is 0 Å². The number of hydrogen-bond donors (Lipinski definition) is 2. The first-order chi connectivity index (χ1) is 9.78. The molecule has 0 amide bonds. The molecule has 0 aromatic heterocycles. The first kappa shape index (κ1) is 17.7. The van der Waals surface area contributed by atoms with Crippen molar-refractivity contribution >= 4 is 15.7 Å². The fraction of sp³-hybridized carbons (Fsp3) is 0.500. The van der Waals surface area contributed by atoms with Gasteiger partial charge in [-0.2, -0.15) is 0 Å². The zero-order valence-electron chi connectivity index (χ0n) is 11.3. The van der Waals surface area contributed by atoms with E-state index in [0.29, 0.717) is 13.1 Å². The molecule has 0 spiro atoms. The molecule has 0 aliphatic heterocycles. The van der Waals surface area contributed by atoms with Gasteiger partial charge in [0.05, 0.1) is 5.75 Å². The van der Waals surface area contributed by atoms with Crippen molar-refractivity contribution in [1.29, 1.82) is 0 Å². The lowest BCUT2D eigenvalue weighted by Crippen LogP contribution is -2.23. The van der Waals surface area contributed by atoms with Crippen LogP contribution in [0.15, 0.2) is 6.07 Å². The molecule has 0 heterocycles. The lowest BCUT2D eigenvalue weighted by atomic mass is 10.3. The van der Waals surface area contributed by atoms with Crippen molar-refractivity contribution in [1.82, 2.24) is 5.32 Å². The number of sulfonamides is 1. The monoisotopic (exact) mass is 328 g/mol. The molecule has 0 saturated heterocycles. The molecule has 21 heavy (non-hydrogen) atoms. The second kappa shape index (κ2) is 7.60. The fourth-order valence-corrected chi connectivity index (χ4v) is 2.67. The Labute approximate surface area is 120 Å². The smallest absolute Gasteiger partial charge is 0.232 e. The van der Waals surface area contributed by atoms with Crippen LogP contribution in [-0.4, -0.2) is 27.3 Å². The largest absolute Gasteiger partial charge is 0.317 e. The molecule has 0 radical (unpaired) electrons. The maximum absolute atomic E-state index is 13.3. The van der Waals surface area contributed by atoms with Crippen LogP contribution in [0.4, 0.5) is 23.2 Å². The fourth-order valence-electron chi connectivity index (χ4n) is 1.56. The Morgan fingerprint density at radius 3 is 2.14 bits per heavy atom. The Hall–Kier alpha value is -1.35. The number of rotatable bonds is 8. The van der Waals surface area contributed by atoms with Gasteiger partial charge in [-0.15, -0.1) is 0 Å². The molecule has 0 fully saturated rings. The molecule has 1 rings (SSSR count). The van der Waals surface area contributed by atoms with Gasteiger partial charge in [-0.3, -0.25) is 4.72 Å². The van der Waals surface area contributed by atoms with E-state index in [1.54, 1.807) is 4.72 Å². The van der Waals surface area contributed by atoms with Gasteiger partial charge < -0.3 is 5.32 Å². The molecule has 2 N–H and O–H groups in total. The molecule has 0 saturated carbocycles. The summed E-state index contributed by atoms with van der Waals surface area (Å²) >= 11 is 0. The van der Waals surface area contributed by atoms with Gasteiger partial charge in [-0.25, -0.2) is 26.0 Å². The quantitative estimate of drug-likeness (QED) is 0.438. The van der Waals surface area contributed by atoms with Gasteiger partial charge in [0.2, 0.25) is 10.0 Å². The predicted octanol–water partition coefficient (Wildman–Crippen LogP) is 2.37. The second-order valence-electron chi connectivity index (χ2n) is 4.37. The van der Waals surface area contributed by atoms with Gasteiger partial charge in [-0.05, 0) is 25.9 Å². The van der Waals surface area contributed by atoms with Crippen LogP contribution in [0.5, 0.6) is 0 Å². The molecule has 1 aromatic carbocycles. The highest BCUT2D eigenvalue weighted by molar-refractivity contribution is 7.92. The van der Waals surface area contributed by atoms with Crippen LogP contribution in [0, 0.1) is 23.3 Å². The van der Waals surface area contributed by atoms with Crippen LogP contribution in [0.2, 0.25) is 0 Å². The van der Waals surface area contributed by atoms with E-state index in [-0.39, 0.29) is 12.5 Å². The van der Waals surface area contributed by atoms with Crippen LogP contribution < -0.4 is 10.0 Å². The summed E-state index contributed by atoms with van der Waals surface area (Å²) in [6.07, 6.45) is 1.07. The first-order valence-electron chi connectivity index (χ1n) is 6.32. The third-order valence-electron chi connectivity index (χ3n) is 2.56. The van der Waals surface area contributed by atoms with Gasteiger partial charge in [0.1, 0.15) is 5.69 Å². The van der Waals surface area contributed by atoms with Crippen molar-refractivity contribution in [2.24, 2.45) is 0 Å². The van der Waals surface area contributed by atoms with Crippen LogP contribution in [0.3, 0.4) is 0 Å². The minimum Gasteiger partial charge on any atom is -0.317 e. The van der Waals surface area contributed by atoms with E-state index in [9.17, 15) is 26.0 Å². The molecule has 4 nitrogen and oxygen atoms in total. The summed E-state index contributed by atoms with van der Waals surface area (Å²) in [5, 5.41) is 2.95. The van der Waals surface area contributed by atoms with Crippen molar-refractivity contribution in [3.05, 3.63) is 29.3 Å². The highest BCUT2D eigenvalue weighted by Crippen LogP contribution is 2.25. The van der Waals surface area contributed by atoms with E-state index >= 15 is 0 Å². The Kier molecular flexibility index (Phi) is 6.41. The Balaban J connectivity index is 2.76. The predicted molar refractivity (Wildman–Crippen MR) is 71.5 cm³/mol. The van der Waals surface area contributed by atoms with Gasteiger partial charge in [0.25, 0.3) is 0 Å². The topological polar surface area (TPSA) is 58.2 Å². The molecular formula is C12H16F4N2O2S. The highest BCUT2D eigenvalue weighted by Gasteiger charge is 2.23. The minimum atomic E-state index is -4.10. The Morgan fingerprint density at radius 2 is 1.62 bits per heavy atom. The third kappa shape index (κ3) is 5.16. The third-order valence-corrected chi connectivity index (χ3v) is 3.90. The number of benzene rings is 1. The van der Waals surface area contributed by atoms with Gasteiger partial charge in [0, 0.05) is 6.07 Å². The number of anilines is 1. The minimum absolute atomic E-state index is 0.0110. The van der Waals surface area contributed by atoms with E-state index in [1.807, 2.05) is 6.92 Å². The maximum Gasteiger partial charge on any atom is 0.232 e. The highest BCUT2D eigenvalue weighted by atomic mass is 32.2. The molecular weight excluding hydrogens is 312 g/mol. The van der Waals surface area contributed by atoms with Crippen LogP contribution in [0.25, 0.3) is 0 Å². The van der Waals surface area contributed by atoms with Crippen molar-refractivity contribution < 1.29 is 26.0 Å². The summed E-state index contributed by atoms with van der Waals surface area (Å²) in [7, 11) is -4.10. The van der Waals surface area contributed by atoms with Gasteiger partial charge in [-0.1, -0.05) is 6.92 Å². The van der Waals surface area contributed by atoms with Gasteiger partial charge in [0.15, 0.2) is 23.3 Å². The SMILES string of the molecule is CCCNCCCS(=O)(=O)Nc1c(F)c(F)cc(F)c1F. The molecule has 120 valence electrons. The van der Waals surface area contributed by atoms with E-state index < -0.39 is 44.7 Å². The zero-order chi connectivity index (χ0) is 16.0. The molecule has 0 atom stereocenters. The molecule has 0 unspecified atom stereocenters. The number of halogens is 4. The Bertz CT molecular complexity index is 567. The molecule has 0 aliphatic rings. The normalized spacial score (nSPS) is 11.7. The standard InChI is InChI=1S/C12H16F4N2O2S/c1-2-4-17-5-3-6-21(19,20)18-12-10(15)8(13)7-9(14)11(12)16/h7,17-18H,2-6H2,1H3. The molecule has 0 aliphatic carbocycles. The summed E-state index contributed by atoms with van der Waals surface area (Å²) in [6.45, 7) is 3.05. The van der Waals surface area contributed by atoms with Crippen LogP contribution in [-0.2, 0) is 10.0 Å². The molecule has 0 bridgehead atoms. The van der Waals surface area contributed by atoms with E-state index in [0.717, 1.165) is 6.42 Å². The van der Waals surface area contributed by atoms with Gasteiger partial charge >= 0.3 is 0 Å². The average Bonchev–Trinajstić information content (AvgIpc) is 2.41. The van der Waals surface area contributed by atoms with E-state index in [1.165, 1.54) is 0 Å². The van der Waals surface area contributed by atoms with Crippen molar-refractivity contribution in [3.8, 4) is 0 Å². The summed E-state index contributed by atoms with van der Waals surface area (Å²) in [4.78, 5) is 0. The lowest BCUT2D eigenvalue weighted by molar-refractivity contribution is 0.459. The number of nitrogens with one attached hydrogen (secondary N) is 2. The van der Waals surface area contributed by atoms with Crippen LogP contribution >= 0.6 is 0 Å². The summed E-state index contributed by atoms with van der Waals surface area (Å²) in [6, 6.07) is 0.0110. The zero-order valence-corrected chi connectivity index (χ0v) is 12.2. The molecule has 1 aromatic rings.